The van der Waals surface area contributed by atoms with E-state index in [1.54, 1.807) is 0 Å². The van der Waals surface area contributed by atoms with Crippen LogP contribution >= 0.6 is 0 Å². The highest BCUT2D eigenvalue weighted by atomic mass is 16.3. The summed E-state index contributed by atoms with van der Waals surface area (Å²) in [4.78, 5) is 0. The summed E-state index contributed by atoms with van der Waals surface area (Å²) in [5.74, 6) is 0. The first kappa shape index (κ1) is 15.5. The molecule has 0 amide bonds. The van der Waals surface area contributed by atoms with Gasteiger partial charge in [0.25, 0.3) is 0 Å². The van der Waals surface area contributed by atoms with Crippen molar-refractivity contribution in [3.8, 4) is 0 Å². The minimum atomic E-state index is -0.564. The number of benzene rings is 3. The Hall–Kier alpha value is -2.38. The molecule has 3 rings (SSSR count). The molecule has 0 saturated heterocycles. The van der Waals surface area contributed by atoms with Crippen LogP contribution in [0.2, 0.25) is 0 Å². The second-order valence-electron chi connectivity index (χ2n) is 6.26. The van der Waals surface area contributed by atoms with Gasteiger partial charge < -0.3 is 5.11 Å². The molecule has 116 valence electrons. The lowest BCUT2D eigenvalue weighted by Gasteiger charge is -2.36. The van der Waals surface area contributed by atoms with Gasteiger partial charge in [-0.05, 0) is 23.1 Å². The molecule has 0 bridgehead atoms. The first-order chi connectivity index (χ1) is 11.2. The minimum absolute atomic E-state index is 0.385. The van der Waals surface area contributed by atoms with Crippen LogP contribution < -0.4 is 0 Å². The second kappa shape index (κ2) is 6.80. The van der Waals surface area contributed by atoms with Crippen molar-refractivity contribution in [1.29, 1.82) is 0 Å². The van der Waals surface area contributed by atoms with Crippen molar-refractivity contribution in [2.24, 2.45) is 0 Å². The summed E-state index contributed by atoms with van der Waals surface area (Å²) < 4.78 is 0. The molecule has 3 aromatic rings. The fraction of sp³-hybridized carbons (Fsp3) is 0.182. The molecule has 0 aliphatic heterocycles. The zero-order valence-corrected chi connectivity index (χ0v) is 13.4. The van der Waals surface area contributed by atoms with Crippen LogP contribution in [0, 0.1) is 0 Å². The lowest BCUT2D eigenvalue weighted by Crippen LogP contribution is -2.33. The van der Waals surface area contributed by atoms with E-state index in [1.807, 2.05) is 54.6 Å². The van der Waals surface area contributed by atoms with E-state index in [0.29, 0.717) is 0 Å². The number of aliphatic hydroxyl groups excluding tert-OH is 1. The van der Waals surface area contributed by atoms with Crippen LogP contribution in [0.4, 0.5) is 0 Å². The highest BCUT2D eigenvalue weighted by Gasteiger charge is 2.35. The van der Waals surface area contributed by atoms with Gasteiger partial charge in [0, 0.05) is 5.41 Å². The summed E-state index contributed by atoms with van der Waals surface area (Å²) >= 11 is 0. The molecule has 1 nitrogen and oxygen atoms in total. The third-order valence-corrected chi connectivity index (χ3v) is 4.57. The van der Waals surface area contributed by atoms with Gasteiger partial charge in [-0.3, -0.25) is 0 Å². The number of aliphatic hydroxyl groups is 1. The maximum Gasteiger partial charge on any atom is 0.0887 e. The smallest absolute Gasteiger partial charge is 0.0887 e. The number of hydrogen-bond acceptors (Lipinski definition) is 1. The predicted molar refractivity (Wildman–Crippen MR) is 95.3 cm³/mol. The Bertz CT molecular complexity index is 722. The highest BCUT2D eigenvalue weighted by Crippen LogP contribution is 2.40. The average molecular weight is 302 g/mol. The molecule has 0 aliphatic carbocycles. The molecule has 0 spiro atoms. The van der Waals surface area contributed by atoms with E-state index in [-0.39, 0.29) is 5.41 Å². The maximum absolute atomic E-state index is 11.2. The normalized spacial score (nSPS) is 14.9. The van der Waals surface area contributed by atoms with Crippen molar-refractivity contribution >= 4 is 0 Å². The summed E-state index contributed by atoms with van der Waals surface area (Å²) in [5.41, 5.74) is 2.95. The topological polar surface area (TPSA) is 20.2 Å². The lowest BCUT2D eigenvalue weighted by molar-refractivity contribution is 0.0893. The van der Waals surface area contributed by atoms with Gasteiger partial charge in [0.15, 0.2) is 0 Å². The standard InChI is InChI=1S/C22H22O/c1-22(20-15-9-4-10-16-20,17-18-11-5-2-6-12-18)21(23)19-13-7-3-8-14-19/h2-16,21,23H,17H2,1H3/t21-,22+/m1/s1. The van der Waals surface area contributed by atoms with Crippen LogP contribution in [0.5, 0.6) is 0 Å². The zero-order valence-electron chi connectivity index (χ0n) is 13.4. The van der Waals surface area contributed by atoms with Gasteiger partial charge in [-0.15, -0.1) is 0 Å². The van der Waals surface area contributed by atoms with Crippen molar-refractivity contribution < 1.29 is 5.11 Å². The van der Waals surface area contributed by atoms with Crippen molar-refractivity contribution in [2.45, 2.75) is 24.9 Å². The zero-order chi connectivity index (χ0) is 16.1. The van der Waals surface area contributed by atoms with Gasteiger partial charge in [0.1, 0.15) is 0 Å². The second-order valence-corrected chi connectivity index (χ2v) is 6.26. The Balaban J connectivity index is 2.03. The molecule has 0 aromatic heterocycles. The third kappa shape index (κ3) is 3.35. The average Bonchev–Trinajstić information content (AvgIpc) is 2.63. The largest absolute Gasteiger partial charge is 0.387 e. The van der Waals surface area contributed by atoms with E-state index >= 15 is 0 Å². The van der Waals surface area contributed by atoms with Crippen molar-refractivity contribution in [2.75, 3.05) is 0 Å². The fourth-order valence-corrected chi connectivity index (χ4v) is 3.20. The van der Waals surface area contributed by atoms with E-state index in [2.05, 4.69) is 43.3 Å². The molecule has 0 saturated carbocycles. The summed E-state index contributed by atoms with van der Waals surface area (Å²) in [6.45, 7) is 2.15. The highest BCUT2D eigenvalue weighted by molar-refractivity contribution is 5.34. The van der Waals surface area contributed by atoms with Crippen LogP contribution in [-0.4, -0.2) is 5.11 Å². The molecular weight excluding hydrogens is 280 g/mol. The summed E-state index contributed by atoms with van der Waals surface area (Å²) in [6.07, 6.45) is 0.222. The Kier molecular flexibility index (Phi) is 4.59. The maximum atomic E-state index is 11.2. The van der Waals surface area contributed by atoms with E-state index in [1.165, 1.54) is 5.56 Å². The van der Waals surface area contributed by atoms with Crippen LogP contribution in [0.1, 0.15) is 29.7 Å². The SMILES string of the molecule is C[C@](Cc1ccccc1)(c1ccccc1)[C@H](O)c1ccccc1. The van der Waals surface area contributed by atoms with Crippen LogP contribution in [0.25, 0.3) is 0 Å². The Morgan fingerprint density at radius 2 is 1.22 bits per heavy atom. The molecule has 2 atom stereocenters. The molecule has 0 fully saturated rings. The predicted octanol–water partition coefficient (Wildman–Crippen LogP) is 4.92. The quantitative estimate of drug-likeness (QED) is 0.709. The van der Waals surface area contributed by atoms with Gasteiger partial charge in [-0.2, -0.15) is 0 Å². The number of hydrogen-bond donors (Lipinski definition) is 1. The Labute approximate surface area is 138 Å². The first-order valence-electron chi connectivity index (χ1n) is 8.02. The third-order valence-electron chi connectivity index (χ3n) is 4.57. The van der Waals surface area contributed by atoms with Crippen molar-refractivity contribution in [3.63, 3.8) is 0 Å². The van der Waals surface area contributed by atoms with Crippen LogP contribution in [-0.2, 0) is 11.8 Å². The Morgan fingerprint density at radius 1 is 0.739 bits per heavy atom. The molecule has 1 N–H and O–H groups in total. The summed E-state index contributed by atoms with van der Waals surface area (Å²) in [6, 6.07) is 30.6. The molecule has 0 heterocycles. The van der Waals surface area contributed by atoms with E-state index in [4.69, 9.17) is 0 Å². The fourth-order valence-electron chi connectivity index (χ4n) is 3.20. The molecule has 23 heavy (non-hydrogen) atoms. The summed E-state index contributed by atoms with van der Waals surface area (Å²) in [5, 5.41) is 11.2. The van der Waals surface area contributed by atoms with Crippen LogP contribution in [0.15, 0.2) is 91.0 Å². The Morgan fingerprint density at radius 3 is 1.78 bits per heavy atom. The number of rotatable bonds is 5. The molecular formula is C22H22O. The molecule has 0 unspecified atom stereocenters. The molecule has 0 aliphatic rings. The van der Waals surface area contributed by atoms with E-state index in [0.717, 1.165) is 17.5 Å². The monoisotopic (exact) mass is 302 g/mol. The van der Waals surface area contributed by atoms with E-state index in [9.17, 15) is 5.11 Å². The van der Waals surface area contributed by atoms with Gasteiger partial charge in [0.2, 0.25) is 0 Å². The van der Waals surface area contributed by atoms with Crippen molar-refractivity contribution in [1.82, 2.24) is 0 Å². The van der Waals surface area contributed by atoms with Gasteiger partial charge in [0.05, 0.1) is 6.10 Å². The summed E-state index contributed by atoms with van der Waals surface area (Å²) in [7, 11) is 0. The molecule has 3 aromatic carbocycles. The van der Waals surface area contributed by atoms with Gasteiger partial charge >= 0.3 is 0 Å². The lowest BCUT2D eigenvalue weighted by atomic mass is 9.71. The van der Waals surface area contributed by atoms with E-state index < -0.39 is 6.10 Å². The van der Waals surface area contributed by atoms with Gasteiger partial charge in [-0.25, -0.2) is 0 Å². The van der Waals surface area contributed by atoms with Crippen molar-refractivity contribution in [3.05, 3.63) is 108 Å². The first-order valence-corrected chi connectivity index (χ1v) is 8.02. The molecule has 1 heteroatoms. The molecule has 0 radical (unpaired) electrons. The minimum Gasteiger partial charge on any atom is -0.387 e. The van der Waals surface area contributed by atoms with Crippen LogP contribution in [0.3, 0.4) is 0 Å². The van der Waals surface area contributed by atoms with Gasteiger partial charge in [-0.1, -0.05) is 97.9 Å².